The van der Waals surface area contributed by atoms with E-state index in [1.807, 2.05) is 27.8 Å². The summed E-state index contributed by atoms with van der Waals surface area (Å²) >= 11 is 0. The van der Waals surface area contributed by atoms with Crippen LogP contribution in [0.15, 0.2) is 30.5 Å². The Labute approximate surface area is 164 Å². The molecule has 1 atom stereocenters. The van der Waals surface area contributed by atoms with E-state index in [2.05, 4.69) is 27.2 Å². The average Bonchev–Trinajstić information content (AvgIpc) is 3.38. The van der Waals surface area contributed by atoms with E-state index in [0.29, 0.717) is 31.9 Å². The average molecular weight is 382 g/mol. The van der Waals surface area contributed by atoms with Crippen LogP contribution >= 0.6 is 0 Å². The maximum absolute atomic E-state index is 12.9. The van der Waals surface area contributed by atoms with Gasteiger partial charge in [0.05, 0.1) is 36.9 Å². The van der Waals surface area contributed by atoms with Gasteiger partial charge in [0, 0.05) is 19.3 Å². The van der Waals surface area contributed by atoms with Crippen LogP contribution in [0.4, 0.5) is 0 Å². The van der Waals surface area contributed by atoms with Gasteiger partial charge in [-0.25, -0.2) is 0 Å². The highest BCUT2D eigenvalue weighted by Crippen LogP contribution is 2.22. The maximum Gasteiger partial charge on any atom is 0.272 e. The Hall–Kier alpha value is -2.74. The fourth-order valence-electron chi connectivity index (χ4n) is 3.91. The van der Waals surface area contributed by atoms with E-state index in [0.717, 1.165) is 37.4 Å². The molecular formula is C20H26N6O2. The van der Waals surface area contributed by atoms with Crippen LogP contribution in [0.3, 0.4) is 0 Å². The van der Waals surface area contributed by atoms with Crippen LogP contribution in [0.5, 0.6) is 0 Å². The minimum Gasteiger partial charge on any atom is -0.345 e. The zero-order valence-corrected chi connectivity index (χ0v) is 16.2. The van der Waals surface area contributed by atoms with Gasteiger partial charge in [0.1, 0.15) is 0 Å². The minimum atomic E-state index is -0.222. The molecule has 0 spiro atoms. The molecular weight excluding hydrogens is 356 g/mol. The molecule has 1 unspecified atom stereocenters. The second-order valence-corrected chi connectivity index (χ2v) is 7.39. The smallest absolute Gasteiger partial charge is 0.272 e. The van der Waals surface area contributed by atoms with Gasteiger partial charge in [-0.1, -0.05) is 13.0 Å². The lowest BCUT2D eigenvalue weighted by molar-refractivity contribution is -0.136. The van der Waals surface area contributed by atoms with Crippen LogP contribution in [-0.2, 0) is 24.4 Å². The van der Waals surface area contributed by atoms with Crippen LogP contribution < -0.4 is 5.32 Å². The Morgan fingerprint density at radius 1 is 1.25 bits per heavy atom. The largest absolute Gasteiger partial charge is 0.345 e. The van der Waals surface area contributed by atoms with Crippen LogP contribution in [0, 0.1) is 5.92 Å². The predicted molar refractivity (Wildman–Crippen MR) is 103 cm³/mol. The number of hydrogen-bond donors (Lipinski definition) is 1. The topological polar surface area (TPSA) is 83.4 Å². The molecule has 2 amide bonds. The monoisotopic (exact) mass is 382 g/mol. The SMILES string of the molecule is CCN1CCC(C(=O)N2CCn3nc(C(=O)NCc4ccccn4)cc3C2)C1. The third-order valence-electron chi connectivity index (χ3n) is 5.57. The number of fused-ring (bicyclic) bond motifs is 1. The van der Waals surface area contributed by atoms with E-state index in [1.165, 1.54) is 0 Å². The molecule has 8 heteroatoms. The Kier molecular flexibility index (Phi) is 5.38. The van der Waals surface area contributed by atoms with E-state index >= 15 is 0 Å². The Bertz CT molecular complexity index is 850. The number of amides is 2. The Morgan fingerprint density at radius 3 is 2.89 bits per heavy atom. The molecule has 2 aromatic rings. The molecule has 0 aromatic carbocycles. The van der Waals surface area contributed by atoms with Crippen LogP contribution in [0.25, 0.3) is 0 Å². The maximum atomic E-state index is 12.9. The first kappa shape index (κ1) is 18.6. The lowest BCUT2D eigenvalue weighted by atomic mass is 10.1. The molecule has 1 saturated heterocycles. The van der Waals surface area contributed by atoms with Crippen molar-refractivity contribution in [2.75, 3.05) is 26.2 Å². The first-order valence-electron chi connectivity index (χ1n) is 9.90. The molecule has 0 bridgehead atoms. The Morgan fingerprint density at radius 2 is 2.14 bits per heavy atom. The van der Waals surface area contributed by atoms with Crippen molar-refractivity contribution in [2.24, 2.45) is 5.92 Å². The molecule has 1 N–H and O–H groups in total. The number of hydrogen-bond acceptors (Lipinski definition) is 5. The predicted octanol–water partition coefficient (Wildman–Crippen LogP) is 0.892. The van der Waals surface area contributed by atoms with Crippen molar-refractivity contribution in [3.63, 3.8) is 0 Å². The lowest BCUT2D eigenvalue weighted by Gasteiger charge is -2.29. The van der Waals surface area contributed by atoms with Crippen LogP contribution in [0.1, 0.15) is 35.2 Å². The van der Waals surface area contributed by atoms with Gasteiger partial charge in [-0.2, -0.15) is 5.10 Å². The molecule has 8 nitrogen and oxygen atoms in total. The van der Waals surface area contributed by atoms with E-state index in [1.54, 1.807) is 12.3 Å². The van der Waals surface area contributed by atoms with Crippen LogP contribution in [-0.4, -0.2) is 62.6 Å². The molecule has 0 aliphatic carbocycles. The van der Waals surface area contributed by atoms with Gasteiger partial charge < -0.3 is 15.1 Å². The minimum absolute atomic E-state index is 0.0931. The summed E-state index contributed by atoms with van der Waals surface area (Å²) in [6.45, 7) is 7.12. The third kappa shape index (κ3) is 3.91. The van der Waals surface area contributed by atoms with Gasteiger partial charge in [0.2, 0.25) is 5.91 Å². The summed E-state index contributed by atoms with van der Waals surface area (Å²) in [5, 5.41) is 7.27. The molecule has 148 valence electrons. The van der Waals surface area contributed by atoms with Crippen molar-refractivity contribution in [3.05, 3.63) is 47.5 Å². The zero-order chi connectivity index (χ0) is 19.5. The highest BCUT2D eigenvalue weighted by atomic mass is 16.2. The summed E-state index contributed by atoms with van der Waals surface area (Å²) in [4.78, 5) is 33.7. The molecule has 2 aliphatic heterocycles. The molecule has 4 rings (SSSR count). The van der Waals surface area contributed by atoms with Crippen molar-refractivity contribution in [3.8, 4) is 0 Å². The first-order valence-corrected chi connectivity index (χ1v) is 9.90. The second kappa shape index (κ2) is 8.10. The van der Waals surface area contributed by atoms with Crippen molar-refractivity contribution in [1.82, 2.24) is 29.9 Å². The van der Waals surface area contributed by atoms with E-state index in [4.69, 9.17) is 0 Å². The molecule has 1 fully saturated rings. The number of nitrogens with zero attached hydrogens (tertiary/aromatic N) is 5. The van der Waals surface area contributed by atoms with E-state index in [9.17, 15) is 9.59 Å². The molecule has 28 heavy (non-hydrogen) atoms. The molecule has 2 aliphatic rings. The van der Waals surface area contributed by atoms with Crippen LogP contribution in [0.2, 0.25) is 0 Å². The van der Waals surface area contributed by atoms with E-state index < -0.39 is 0 Å². The van der Waals surface area contributed by atoms with Gasteiger partial charge in [-0.15, -0.1) is 0 Å². The normalized spacial score (nSPS) is 19.5. The van der Waals surface area contributed by atoms with Crippen molar-refractivity contribution < 1.29 is 9.59 Å². The number of carbonyl (C=O) groups excluding carboxylic acids is 2. The summed E-state index contributed by atoms with van der Waals surface area (Å²) in [7, 11) is 0. The molecule has 4 heterocycles. The molecule has 2 aromatic heterocycles. The summed E-state index contributed by atoms with van der Waals surface area (Å²) in [6.07, 6.45) is 2.64. The number of carbonyl (C=O) groups is 2. The highest BCUT2D eigenvalue weighted by Gasteiger charge is 2.32. The summed E-state index contributed by atoms with van der Waals surface area (Å²) in [5.41, 5.74) is 2.10. The van der Waals surface area contributed by atoms with E-state index in [-0.39, 0.29) is 17.7 Å². The summed E-state index contributed by atoms with van der Waals surface area (Å²) in [6, 6.07) is 7.39. The quantitative estimate of drug-likeness (QED) is 0.830. The number of nitrogens with one attached hydrogen (secondary N) is 1. The standard InChI is InChI=1S/C20H26N6O2/c1-2-24-8-6-15(13-24)20(28)25-9-10-26-17(14-25)11-18(23-26)19(27)22-12-16-5-3-4-7-21-16/h3-5,7,11,15H,2,6,8-10,12-14H2,1H3,(H,22,27). The number of likely N-dealkylation sites (tertiary alicyclic amines) is 1. The number of rotatable bonds is 5. The third-order valence-corrected chi connectivity index (χ3v) is 5.57. The zero-order valence-electron chi connectivity index (χ0n) is 16.2. The highest BCUT2D eigenvalue weighted by molar-refractivity contribution is 5.92. The summed E-state index contributed by atoms with van der Waals surface area (Å²) < 4.78 is 1.84. The van der Waals surface area contributed by atoms with Gasteiger partial charge in [0.15, 0.2) is 5.69 Å². The Balaban J connectivity index is 1.36. The van der Waals surface area contributed by atoms with Gasteiger partial charge in [-0.05, 0) is 37.7 Å². The molecule has 0 radical (unpaired) electrons. The van der Waals surface area contributed by atoms with Gasteiger partial charge in [-0.3, -0.25) is 19.3 Å². The fraction of sp³-hybridized carbons (Fsp3) is 0.500. The summed E-state index contributed by atoms with van der Waals surface area (Å²) in [5.74, 6) is 0.0972. The van der Waals surface area contributed by atoms with Crippen molar-refractivity contribution >= 4 is 11.8 Å². The van der Waals surface area contributed by atoms with Gasteiger partial charge in [0.25, 0.3) is 5.91 Å². The number of pyridine rings is 1. The van der Waals surface area contributed by atoms with Gasteiger partial charge >= 0.3 is 0 Å². The lowest BCUT2D eigenvalue weighted by Crippen LogP contribution is -2.42. The molecule has 0 saturated carbocycles. The number of aromatic nitrogens is 3. The van der Waals surface area contributed by atoms with Crippen molar-refractivity contribution in [2.45, 2.75) is 33.0 Å². The fourth-order valence-corrected chi connectivity index (χ4v) is 3.91. The first-order chi connectivity index (χ1) is 13.6. The second-order valence-electron chi connectivity index (χ2n) is 7.39. The van der Waals surface area contributed by atoms with Crippen molar-refractivity contribution in [1.29, 1.82) is 0 Å².